The highest BCUT2D eigenvalue weighted by molar-refractivity contribution is 7.92. The molecule has 0 aromatic heterocycles. The van der Waals surface area contributed by atoms with Gasteiger partial charge in [0.05, 0.1) is 18.5 Å². The molecule has 0 heterocycles. The molecule has 0 spiro atoms. The van der Waals surface area contributed by atoms with E-state index in [1.165, 1.54) is 28.6 Å². The van der Waals surface area contributed by atoms with Gasteiger partial charge in [-0.2, -0.15) is 0 Å². The van der Waals surface area contributed by atoms with Crippen LogP contribution in [0.25, 0.3) is 0 Å². The van der Waals surface area contributed by atoms with Gasteiger partial charge >= 0.3 is 0 Å². The van der Waals surface area contributed by atoms with E-state index in [1.54, 1.807) is 0 Å². The largest absolute Gasteiger partial charge is 0.491 e. The highest BCUT2D eigenvalue weighted by Gasteiger charge is 2.17. The molecule has 0 saturated heterocycles. The number of rotatable bonds is 10. The lowest BCUT2D eigenvalue weighted by Gasteiger charge is -2.22. The van der Waals surface area contributed by atoms with Crippen molar-refractivity contribution < 1.29 is 22.3 Å². The number of nitrogens with zero attached hydrogens (tertiary/aromatic N) is 1. The number of halogens is 1. The number of benzene rings is 2. The van der Waals surface area contributed by atoms with Crippen molar-refractivity contribution in [1.82, 2.24) is 5.32 Å². The molecule has 0 bridgehead atoms. The predicted octanol–water partition coefficient (Wildman–Crippen LogP) is 3.18. The molecule has 2 rings (SSSR count). The molecule has 0 radical (unpaired) electrons. The van der Waals surface area contributed by atoms with Crippen LogP contribution in [-0.4, -0.2) is 40.3 Å². The van der Waals surface area contributed by atoms with E-state index in [-0.39, 0.29) is 18.9 Å². The van der Waals surface area contributed by atoms with E-state index in [2.05, 4.69) is 5.32 Å². The van der Waals surface area contributed by atoms with Gasteiger partial charge in [-0.1, -0.05) is 12.1 Å². The van der Waals surface area contributed by atoms with Gasteiger partial charge in [-0.15, -0.1) is 0 Å². The van der Waals surface area contributed by atoms with Gasteiger partial charge < -0.3 is 10.1 Å². The van der Waals surface area contributed by atoms with Crippen molar-refractivity contribution in [2.75, 3.05) is 30.3 Å². The second-order valence-corrected chi connectivity index (χ2v) is 8.79. The molecule has 1 amide bonds. The zero-order chi connectivity index (χ0) is 21.4. The normalized spacial score (nSPS) is 11.2. The third-order valence-electron chi connectivity index (χ3n) is 4.31. The molecule has 0 fully saturated rings. The Balaban J connectivity index is 1.76. The summed E-state index contributed by atoms with van der Waals surface area (Å²) in [6.07, 6.45) is 1.60. The molecule has 0 aliphatic carbocycles. The second kappa shape index (κ2) is 10.2. The number of sulfonamides is 1. The van der Waals surface area contributed by atoms with E-state index in [9.17, 15) is 17.6 Å². The lowest BCUT2D eigenvalue weighted by atomic mass is 10.1. The highest BCUT2D eigenvalue weighted by atomic mass is 32.2. The zero-order valence-electron chi connectivity index (χ0n) is 16.9. The molecule has 0 atom stereocenters. The van der Waals surface area contributed by atoms with E-state index >= 15 is 0 Å². The fourth-order valence-electron chi connectivity index (χ4n) is 2.78. The summed E-state index contributed by atoms with van der Waals surface area (Å²) >= 11 is 0. The molecule has 1 N–H and O–H groups in total. The van der Waals surface area contributed by atoms with Crippen LogP contribution in [0.3, 0.4) is 0 Å². The van der Waals surface area contributed by atoms with Gasteiger partial charge in [0.25, 0.3) is 0 Å². The number of nitrogens with one attached hydrogen (secondary N) is 1. The van der Waals surface area contributed by atoms with Crippen molar-refractivity contribution in [3.05, 3.63) is 59.4 Å². The zero-order valence-corrected chi connectivity index (χ0v) is 17.8. The van der Waals surface area contributed by atoms with Gasteiger partial charge in [0, 0.05) is 13.0 Å². The minimum absolute atomic E-state index is 0.136. The summed E-state index contributed by atoms with van der Waals surface area (Å²) < 4.78 is 43.9. The molecule has 0 saturated carbocycles. The van der Waals surface area contributed by atoms with Gasteiger partial charge in [0.2, 0.25) is 15.9 Å². The van der Waals surface area contributed by atoms with E-state index in [0.29, 0.717) is 25.3 Å². The van der Waals surface area contributed by atoms with Crippen LogP contribution in [0.2, 0.25) is 0 Å². The van der Waals surface area contributed by atoms with Crippen molar-refractivity contribution in [2.45, 2.75) is 26.7 Å². The quantitative estimate of drug-likeness (QED) is 0.597. The number of hydrogen-bond acceptors (Lipinski definition) is 4. The van der Waals surface area contributed by atoms with Crippen LogP contribution in [0.1, 0.15) is 24.0 Å². The Kier molecular flexibility index (Phi) is 8.01. The minimum Gasteiger partial charge on any atom is -0.491 e. The lowest BCUT2D eigenvalue weighted by Crippen LogP contribution is -2.32. The summed E-state index contributed by atoms with van der Waals surface area (Å²) in [4.78, 5) is 12.0. The first-order valence-electron chi connectivity index (χ1n) is 9.37. The number of anilines is 1. The smallest absolute Gasteiger partial charge is 0.232 e. The molecule has 0 aliphatic heterocycles. The van der Waals surface area contributed by atoms with Gasteiger partial charge in [0.15, 0.2) is 0 Å². The van der Waals surface area contributed by atoms with Crippen LogP contribution in [0.15, 0.2) is 42.5 Å². The molecule has 158 valence electrons. The number of carbonyl (C=O) groups is 1. The molecule has 0 aliphatic rings. The van der Waals surface area contributed by atoms with Gasteiger partial charge in [-0.05, 0) is 61.7 Å². The maximum Gasteiger partial charge on any atom is 0.232 e. The maximum atomic E-state index is 13.1. The minimum atomic E-state index is -3.53. The fourth-order valence-corrected chi connectivity index (χ4v) is 3.75. The lowest BCUT2D eigenvalue weighted by molar-refractivity contribution is -0.121. The number of carbonyl (C=O) groups excluding carboxylic acids is 1. The standard InChI is InChI=1S/C21H27FN2O4S/c1-16-6-7-17(2)20(15-16)28-14-12-23-21(25)5-4-13-24(29(3,26)27)19-10-8-18(22)9-11-19/h6-11,15H,4-5,12-14H2,1-3H3,(H,23,25). The van der Waals surface area contributed by atoms with Crippen molar-refractivity contribution in [2.24, 2.45) is 0 Å². The van der Waals surface area contributed by atoms with Gasteiger partial charge in [0.1, 0.15) is 18.2 Å². The van der Waals surface area contributed by atoms with E-state index in [1.807, 2.05) is 32.0 Å². The first-order valence-corrected chi connectivity index (χ1v) is 11.2. The first-order chi connectivity index (χ1) is 13.7. The molecule has 6 nitrogen and oxygen atoms in total. The van der Waals surface area contributed by atoms with Crippen molar-refractivity contribution in [3.63, 3.8) is 0 Å². The summed E-state index contributed by atoms with van der Waals surface area (Å²) in [7, 11) is -3.53. The van der Waals surface area contributed by atoms with Crippen LogP contribution in [0.4, 0.5) is 10.1 Å². The van der Waals surface area contributed by atoms with Crippen LogP contribution in [0.5, 0.6) is 5.75 Å². The monoisotopic (exact) mass is 422 g/mol. The molecule has 0 unspecified atom stereocenters. The van der Waals surface area contributed by atoms with Crippen LogP contribution in [0, 0.1) is 19.7 Å². The van der Waals surface area contributed by atoms with Crippen molar-refractivity contribution in [1.29, 1.82) is 0 Å². The molecule has 2 aromatic carbocycles. The second-order valence-electron chi connectivity index (χ2n) is 6.88. The fraction of sp³-hybridized carbons (Fsp3) is 0.381. The summed E-state index contributed by atoms with van der Waals surface area (Å²) in [5.41, 5.74) is 2.51. The topological polar surface area (TPSA) is 75.7 Å². The third-order valence-corrected chi connectivity index (χ3v) is 5.50. The first kappa shape index (κ1) is 22.7. The summed E-state index contributed by atoms with van der Waals surface area (Å²) in [6.45, 7) is 4.79. The van der Waals surface area contributed by atoms with E-state index < -0.39 is 15.8 Å². The molecule has 2 aromatic rings. The summed E-state index contributed by atoms with van der Waals surface area (Å²) in [5.74, 6) is 0.175. The van der Waals surface area contributed by atoms with Gasteiger partial charge in [-0.3, -0.25) is 9.10 Å². The number of aryl methyl sites for hydroxylation is 2. The third kappa shape index (κ3) is 7.38. The highest BCUT2D eigenvalue weighted by Crippen LogP contribution is 2.19. The number of hydrogen-bond donors (Lipinski definition) is 1. The van der Waals surface area contributed by atoms with Crippen LogP contribution >= 0.6 is 0 Å². The van der Waals surface area contributed by atoms with Gasteiger partial charge in [-0.25, -0.2) is 12.8 Å². The molecular formula is C21H27FN2O4S. The molecule has 8 heteroatoms. The average Bonchev–Trinajstić information content (AvgIpc) is 2.65. The molecular weight excluding hydrogens is 395 g/mol. The SMILES string of the molecule is Cc1ccc(C)c(OCCNC(=O)CCCN(c2ccc(F)cc2)S(C)(=O)=O)c1. The summed E-state index contributed by atoms with van der Waals surface area (Å²) in [6, 6.07) is 11.2. The maximum absolute atomic E-state index is 13.1. The Morgan fingerprint density at radius 2 is 1.83 bits per heavy atom. The molecule has 29 heavy (non-hydrogen) atoms. The Bertz CT molecular complexity index is 930. The Morgan fingerprint density at radius 1 is 1.14 bits per heavy atom. The van der Waals surface area contributed by atoms with E-state index in [0.717, 1.165) is 23.1 Å². The van der Waals surface area contributed by atoms with Crippen molar-refractivity contribution >= 4 is 21.6 Å². The van der Waals surface area contributed by atoms with Crippen LogP contribution in [-0.2, 0) is 14.8 Å². The number of amides is 1. The number of ether oxygens (including phenoxy) is 1. The van der Waals surface area contributed by atoms with E-state index in [4.69, 9.17) is 4.74 Å². The Labute approximate surface area is 171 Å². The Hall–Kier alpha value is -2.61. The summed E-state index contributed by atoms with van der Waals surface area (Å²) in [5, 5.41) is 2.77. The van der Waals surface area contributed by atoms with Crippen molar-refractivity contribution in [3.8, 4) is 5.75 Å². The predicted molar refractivity (Wildman–Crippen MR) is 112 cm³/mol. The Morgan fingerprint density at radius 3 is 2.48 bits per heavy atom. The average molecular weight is 423 g/mol. The van der Waals surface area contributed by atoms with Crippen LogP contribution < -0.4 is 14.4 Å².